The van der Waals surface area contributed by atoms with Gasteiger partial charge in [-0.25, -0.2) is 4.57 Å². The van der Waals surface area contributed by atoms with Gasteiger partial charge in [0.2, 0.25) is 0 Å². The highest BCUT2D eigenvalue weighted by Crippen LogP contribution is 2.38. The van der Waals surface area contributed by atoms with Gasteiger partial charge in [0, 0.05) is 12.6 Å². The molecule has 96 valence electrons. The van der Waals surface area contributed by atoms with Gasteiger partial charge in [-0.3, -0.25) is 4.79 Å². The maximum Gasteiger partial charge on any atom is 0.260 e. The summed E-state index contributed by atoms with van der Waals surface area (Å²) in [6.07, 6.45) is 6.34. The molecule has 1 saturated carbocycles. The molecule has 0 unspecified atom stereocenters. The van der Waals surface area contributed by atoms with E-state index in [4.69, 9.17) is 0 Å². The van der Waals surface area contributed by atoms with Crippen molar-refractivity contribution in [3.05, 3.63) is 30.1 Å². The van der Waals surface area contributed by atoms with Crippen LogP contribution in [-0.2, 0) is 7.05 Å². The molecule has 0 aromatic carbocycles. The number of carbonyl (C=O) groups excluding carboxylic acids is 1. The summed E-state index contributed by atoms with van der Waals surface area (Å²) in [7, 11) is 1.91. The Labute approximate surface area is 107 Å². The van der Waals surface area contributed by atoms with Gasteiger partial charge in [0.15, 0.2) is 12.4 Å². The molecule has 4 heteroatoms. The predicted octanol–water partition coefficient (Wildman–Crippen LogP) is 0.496. The molecule has 2 aliphatic rings. The summed E-state index contributed by atoms with van der Waals surface area (Å²) < 4.78 is 1.88. The fourth-order valence-electron chi connectivity index (χ4n) is 3.39. The van der Waals surface area contributed by atoms with E-state index in [9.17, 15) is 9.90 Å². The van der Waals surface area contributed by atoms with Crippen LogP contribution in [0.3, 0.4) is 0 Å². The zero-order valence-electron chi connectivity index (χ0n) is 10.6. The quantitative estimate of drug-likeness (QED) is 0.734. The van der Waals surface area contributed by atoms with Gasteiger partial charge >= 0.3 is 0 Å². The van der Waals surface area contributed by atoms with Gasteiger partial charge in [-0.05, 0) is 31.2 Å². The summed E-state index contributed by atoms with van der Waals surface area (Å²) in [5.41, 5.74) is 0.708. The van der Waals surface area contributed by atoms with Crippen LogP contribution in [0.1, 0.15) is 29.6 Å². The minimum Gasteiger partial charge on any atom is -0.391 e. The molecule has 1 aromatic rings. The molecule has 3 rings (SSSR count). The van der Waals surface area contributed by atoms with E-state index < -0.39 is 0 Å². The number of carbonyl (C=O) groups is 1. The highest BCUT2D eigenvalue weighted by atomic mass is 16.3. The molecule has 2 heterocycles. The van der Waals surface area contributed by atoms with Gasteiger partial charge in [0.05, 0.1) is 12.1 Å². The normalized spacial score (nSPS) is 30.6. The van der Waals surface area contributed by atoms with Crippen molar-refractivity contribution in [3.63, 3.8) is 0 Å². The average Bonchev–Trinajstić information content (AvgIpc) is 2.92. The molecule has 1 aliphatic carbocycles. The van der Waals surface area contributed by atoms with Gasteiger partial charge in [-0.15, -0.1) is 0 Å². The van der Waals surface area contributed by atoms with Crippen molar-refractivity contribution >= 4 is 5.91 Å². The number of pyridine rings is 1. The van der Waals surface area contributed by atoms with Gasteiger partial charge in [0.25, 0.3) is 5.91 Å². The minimum absolute atomic E-state index is 0.0445. The largest absolute Gasteiger partial charge is 0.391 e. The Morgan fingerprint density at radius 1 is 1.44 bits per heavy atom. The number of likely N-dealkylation sites (tertiary alicyclic amines) is 1. The van der Waals surface area contributed by atoms with Crippen molar-refractivity contribution in [1.29, 1.82) is 0 Å². The number of aryl methyl sites for hydroxylation is 1. The predicted molar refractivity (Wildman–Crippen MR) is 65.8 cm³/mol. The first-order valence-electron chi connectivity index (χ1n) is 6.61. The molecule has 1 N–H and O–H groups in total. The Morgan fingerprint density at radius 3 is 3.06 bits per heavy atom. The van der Waals surface area contributed by atoms with E-state index in [0.29, 0.717) is 11.5 Å². The van der Waals surface area contributed by atoms with Crippen LogP contribution in [-0.4, -0.2) is 34.6 Å². The Bertz CT molecular complexity index is 475. The van der Waals surface area contributed by atoms with Crippen molar-refractivity contribution in [1.82, 2.24) is 4.90 Å². The number of rotatable bonds is 1. The molecule has 0 radical (unpaired) electrons. The van der Waals surface area contributed by atoms with E-state index in [2.05, 4.69) is 0 Å². The number of amides is 1. The van der Waals surface area contributed by atoms with Crippen molar-refractivity contribution in [2.24, 2.45) is 13.0 Å². The third-order valence-electron chi connectivity index (χ3n) is 4.26. The Hall–Kier alpha value is -1.42. The van der Waals surface area contributed by atoms with E-state index in [1.54, 1.807) is 0 Å². The molecule has 4 nitrogen and oxygen atoms in total. The van der Waals surface area contributed by atoms with Crippen molar-refractivity contribution in [2.75, 3.05) is 6.54 Å². The van der Waals surface area contributed by atoms with Crippen LogP contribution in [0.2, 0.25) is 0 Å². The topological polar surface area (TPSA) is 44.4 Å². The molecule has 1 amide bonds. The van der Waals surface area contributed by atoms with Crippen LogP contribution in [0.5, 0.6) is 0 Å². The van der Waals surface area contributed by atoms with Gasteiger partial charge in [0.1, 0.15) is 12.6 Å². The fraction of sp³-hybridized carbons (Fsp3) is 0.571. The van der Waals surface area contributed by atoms with Crippen LogP contribution in [0.15, 0.2) is 24.5 Å². The minimum atomic E-state index is -0.334. The van der Waals surface area contributed by atoms with Crippen molar-refractivity contribution < 1.29 is 14.5 Å². The number of aliphatic hydroxyl groups is 1. The number of hydrogen-bond donors (Lipinski definition) is 1. The monoisotopic (exact) mass is 247 g/mol. The average molecular weight is 247 g/mol. The SMILES string of the molecule is C[n+]1cccc(C(=O)N2CC[C@H]3CC[C@@H](O)[C@H]32)c1. The van der Waals surface area contributed by atoms with Crippen LogP contribution in [0.25, 0.3) is 0 Å². The first kappa shape index (κ1) is 11.7. The number of aliphatic hydroxyl groups excluding tert-OH is 1. The maximum absolute atomic E-state index is 12.5. The van der Waals surface area contributed by atoms with Gasteiger partial charge < -0.3 is 10.0 Å². The van der Waals surface area contributed by atoms with Crippen molar-refractivity contribution in [2.45, 2.75) is 31.4 Å². The summed E-state index contributed by atoms with van der Waals surface area (Å²) in [6, 6.07) is 3.77. The maximum atomic E-state index is 12.5. The van der Waals surface area contributed by atoms with E-state index in [1.807, 2.05) is 41.0 Å². The summed E-state index contributed by atoms with van der Waals surface area (Å²) in [6.45, 7) is 0.782. The first-order valence-corrected chi connectivity index (χ1v) is 6.61. The van der Waals surface area contributed by atoms with Gasteiger partial charge in [-0.2, -0.15) is 0 Å². The molecule has 0 spiro atoms. The summed E-state index contributed by atoms with van der Waals surface area (Å²) >= 11 is 0. The van der Waals surface area contributed by atoms with Crippen LogP contribution >= 0.6 is 0 Å². The molecular weight excluding hydrogens is 228 g/mol. The highest BCUT2D eigenvalue weighted by Gasteiger charge is 2.45. The fourth-order valence-corrected chi connectivity index (χ4v) is 3.39. The smallest absolute Gasteiger partial charge is 0.260 e. The van der Waals surface area contributed by atoms with Gasteiger partial charge in [-0.1, -0.05) is 0 Å². The van der Waals surface area contributed by atoms with E-state index in [-0.39, 0.29) is 18.1 Å². The summed E-state index contributed by atoms with van der Waals surface area (Å²) in [5, 5.41) is 10.0. The van der Waals surface area contributed by atoms with E-state index >= 15 is 0 Å². The molecule has 3 atom stereocenters. The second kappa shape index (κ2) is 4.35. The zero-order valence-corrected chi connectivity index (χ0v) is 10.6. The lowest BCUT2D eigenvalue weighted by Crippen LogP contribution is -2.43. The van der Waals surface area contributed by atoms with Crippen LogP contribution in [0, 0.1) is 5.92 Å². The standard InChI is InChI=1S/C14H19N2O2/c1-15-7-2-3-11(9-15)14(18)16-8-6-10-4-5-12(17)13(10)16/h2-3,7,9-10,12-13,17H,4-6,8H2,1H3/q+1/t10-,12-,13+/m1/s1. The second-order valence-electron chi connectivity index (χ2n) is 5.44. The summed E-state index contributed by atoms with van der Waals surface area (Å²) in [4.78, 5) is 14.4. The molecule has 18 heavy (non-hydrogen) atoms. The first-order chi connectivity index (χ1) is 8.66. The molecular formula is C14H19N2O2+. The molecule has 2 fully saturated rings. The third kappa shape index (κ3) is 1.81. The Morgan fingerprint density at radius 2 is 2.28 bits per heavy atom. The molecule has 1 aromatic heterocycles. The Balaban J connectivity index is 1.85. The van der Waals surface area contributed by atoms with Crippen LogP contribution in [0.4, 0.5) is 0 Å². The lowest BCUT2D eigenvalue weighted by atomic mass is 10.0. The second-order valence-corrected chi connectivity index (χ2v) is 5.44. The van der Waals surface area contributed by atoms with Crippen LogP contribution < -0.4 is 4.57 Å². The zero-order chi connectivity index (χ0) is 12.7. The molecule has 1 aliphatic heterocycles. The summed E-state index contributed by atoms with van der Waals surface area (Å²) in [5.74, 6) is 0.557. The lowest BCUT2D eigenvalue weighted by molar-refractivity contribution is -0.671. The van der Waals surface area contributed by atoms with E-state index in [1.165, 1.54) is 0 Å². The third-order valence-corrected chi connectivity index (χ3v) is 4.26. The number of fused-ring (bicyclic) bond motifs is 1. The molecule has 0 bridgehead atoms. The number of aromatic nitrogens is 1. The number of hydrogen-bond acceptors (Lipinski definition) is 2. The lowest BCUT2D eigenvalue weighted by Gasteiger charge is -2.26. The number of nitrogens with zero attached hydrogens (tertiary/aromatic N) is 2. The van der Waals surface area contributed by atoms with Crippen molar-refractivity contribution in [3.8, 4) is 0 Å². The molecule has 1 saturated heterocycles. The van der Waals surface area contributed by atoms with E-state index in [0.717, 1.165) is 25.8 Å². The highest BCUT2D eigenvalue weighted by molar-refractivity contribution is 5.94. The Kier molecular flexibility index (Phi) is 2.82.